The number of H-pyrrole nitrogens is 1. The number of aromatic nitrogens is 4. The van der Waals surface area contributed by atoms with Crippen LogP contribution in [0.3, 0.4) is 0 Å². The highest BCUT2D eigenvalue weighted by Crippen LogP contribution is 2.49. The van der Waals surface area contributed by atoms with Crippen LogP contribution in [0.4, 0.5) is 5.95 Å². The van der Waals surface area contributed by atoms with E-state index in [-0.39, 0.29) is 17.0 Å². The number of nitriles is 1. The van der Waals surface area contributed by atoms with Gasteiger partial charge >= 0.3 is 0 Å². The van der Waals surface area contributed by atoms with Gasteiger partial charge in [0.25, 0.3) is 0 Å². The van der Waals surface area contributed by atoms with Crippen LogP contribution < -0.4 is 10.6 Å². The van der Waals surface area contributed by atoms with Crippen molar-refractivity contribution < 1.29 is 4.79 Å². The first kappa shape index (κ1) is 17.0. The number of ketones is 1. The molecule has 2 aromatic rings. The third-order valence-electron chi connectivity index (χ3n) is 5.01. The van der Waals surface area contributed by atoms with Crippen molar-refractivity contribution in [2.24, 2.45) is 11.1 Å². The van der Waals surface area contributed by atoms with E-state index in [0.717, 1.165) is 11.3 Å². The van der Waals surface area contributed by atoms with E-state index >= 15 is 0 Å². The molecule has 2 aromatic heterocycles. The largest absolute Gasteiger partial charge is 0.384 e. The zero-order valence-corrected chi connectivity index (χ0v) is 15.1. The van der Waals surface area contributed by atoms with Gasteiger partial charge in [-0.3, -0.25) is 14.7 Å². The van der Waals surface area contributed by atoms with Crippen LogP contribution in [0.1, 0.15) is 38.2 Å². The van der Waals surface area contributed by atoms with Crippen LogP contribution in [0.5, 0.6) is 0 Å². The van der Waals surface area contributed by atoms with Gasteiger partial charge in [-0.05, 0) is 23.5 Å². The summed E-state index contributed by atoms with van der Waals surface area (Å²) in [6.45, 7) is 4.10. The van der Waals surface area contributed by atoms with Crippen molar-refractivity contribution in [2.75, 3.05) is 4.90 Å². The number of nitrogens with one attached hydrogen (secondary N) is 1. The molecular formula is C19H19N7O. The molecule has 4 rings (SSSR count). The normalized spacial score (nSPS) is 21.9. The molecule has 3 N–H and O–H groups in total. The Balaban J connectivity index is 2.00. The SMILES string of the molecule is CC1(C)CC(=O)C2=C(C1)N(c1ncn[nH]1)C(N)=C(C#N)[C@H]2c1cccnc1. The maximum absolute atomic E-state index is 13.2. The quantitative estimate of drug-likeness (QED) is 0.839. The van der Waals surface area contributed by atoms with E-state index in [1.165, 1.54) is 6.33 Å². The number of rotatable bonds is 2. The van der Waals surface area contributed by atoms with Gasteiger partial charge in [-0.2, -0.15) is 15.3 Å². The van der Waals surface area contributed by atoms with Gasteiger partial charge < -0.3 is 5.73 Å². The molecule has 3 heterocycles. The smallest absolute Gasteiger partial charge is 0.231 e. The predicted octanol–water partition coefficient (Wildman–Crippen LogP) is 2.14. The molecular weight excluding hydrogens is 342 g/mol. The van der Waals surface area contributed by atoms with Gasteiger partial charge in [0.1, 0.15) is 12.1 Å². The first-order valence-corrected chi connectivity index (χ1v) is 8.64. The molecule has 0 amide bonds. The first-order chi connectivity index (χ1) is 12.9. The summed E-state index contributed by atoms with van der Waals surface area (Å²) in [5.41, 5.74) is 8.63. The number of aromatic amines is 1. The molecule has 0 fully saturated rings. The Bertz CT molecular complexity index is 996. The molecule has 8 heteroatoms. The minimum Gasteiger partial charge on any atom is -0.384 e. The zero-order chi connectivity index (χ0) is 19.2. The lowest BCUT2D eigenvalue weighted by molar-refractivity contribution is -0.118. The summed E-state index contributed by atoms with van der Waals surface area (Å²) in [6, 6.07) is 5.86. The Morgan fingerprint density at radius 2 is 2.22 bits per heavy atom. The maximum atomic E-state index is 13.2. The van der Waals surface area contributed by atoms with Gasteiger partial charge in [0, 0.05) is 30.1 Å². The van der Waals surface area contributed by atoms with E-state index in [1.807, 2.05) is 19.9 Å². The lowest BCUT2D eigenvalue weighted by atomic mass is 9.69. The second-order valence-electron chi connectivity index (χ2n) is 7.58. The highest BCUT2D eigenvalue weighted by Gasteiger charge is 2.45. The molecule has 0 bridgehead atoms. The number of carbonyl (C=O) groups is 1. The summed E-state index contributed by atoms with van der Waals surface area (Å²) < 4.78 is 0. The summed E-state index contributed by atoms with van der Waals surface area (Å²) in [4.78, 5) is 23.2. The van der Waals surface area contributed by atoms with Crippen molar-refractivity contribution in [1.82, 2.24) is 20.2 Å². The van der Waals surface area contributed by atoms with Crippen LogP contribution >= 0.6 is 0 Å². The Kier molecular flexibility index (Phi) is 3.81. The molecule has 0 radical (unpaired) electrons. The van der Waals surface area contributed by atoms with Crippen LogP contribution in [-0.2, 0) is 4.79 Å². The molecule has 0 saturated carbocycles. The van der Waals surface area contributed by atoms with Crippen molar-refractivity contribution in [1.29, 1.82) is 5.26 Å². The summed E-state index contributed by atoms with van der Waals surface area (Å²) >= 11 is 0. The Labute approximate surface area is 156 Å². The molecule has 0 saturated heterocycles. The number of carbonyl (C=O) groups excluding carboxylic acids is 1. The van der Waals surface area contributed by atoms with E-state index in [0.29, 0.717) is 29.9 Å². The first-order valence-electron chi connectivity index (χ1n) is 8.64. The summed E-state index contributed by atoms with van der Waals surface area (Å²) in [5, 5.41) is 16.6. The van der Waals surface area contributed by atoms with Crippen molar-refractivity contribution >= 4 is 11.7 Å². The van der Waals surface area contributed by atoms with Crippen molar-refractivity contribution in [3.05, 3.63) is 59.1 Å². The van der Waals surface area contributed by atoms with Crippen LogP contribution in [0, 0.1) is 16.7 Å². The van der Waals surface area contributed by atoms with Gasteiger partial charge in [0.15, 0.2) is 5.78 Å². The van der Waals surface area contributed by atoms with E-state index in [9.17, 15) is 10.1 Å². The van der Waals surface area contributed by atoms with Gasteiger partial charge in [0.05, 0.1) is 17.6 Å². The van der Waals surface area contributed by atoms with E-state index in [4.69, 9.17) is 5.73 Å². The summed E-state index contributed by atoms with van der Waals surface area (Å²) in [5.74, 6) is 0.136. The fourth-order valence-corrected chi connectivity index (χ4v) is 3.94. The molecule has 0 aromatic carbocycles. The molecule has 1 atom stereocenters. The van der Waals surface area contributed by atoms with Crippen LogP contribution in [-0.4, -0.2) is 25.9 Å². The molecule has 1 aliphatic heterocycles. The molecule has 0 spiro atoms. The van der Waals surface area contributed by atoms with Crippen LogP contribution in [0.15, 0.2) is 53.5 Å². The lowest BCUT2D eigenvalue weighted by Crippen LogP contribution is -2.42. The second-order valence-corrected chi connectivity index (χ2v) is 7.58. The molecule has 27 heavy (non-hydrogen) atoms. The molecule has 1 aliphatic carbocycles. The number of hydrogen-bond acceptors (Lipinski definition) is 7. The monoisotopic (exact) mass is 361 g/mol. The van der Waals surface area contributed by atoms with E-state index in [2.05, 4.69) is 26.2 Å². The number of nitrogens with zero attached hydrogens (tertiary/aromatic N) is 5. The molecule has 136 valence electrons. The topological polar surface area (TPSA) is 125 Å². The Morgan fingerprint density at radius 3 is 2.85 bits per heavy atom. The number of anilines is 1. The Hall–Kier alpha value is -3.47. The van der Waals surface area contributed by atoms with Crippen LogP contribution in [0.25, 0.3) is 0 Å². The minimum atomic E-state index is -0.526. The number of pyridine rings is 1. The van der Waals surface area contributed by atoms with E-state index < -0.39 is 5.92 Å². The molecule has 8 nitrogen and oxygen atoms in total. The number of Topliss-reactive ketones (excluding diaryl/α,β-unsaturated/α-hetero) is 1. The van der Waals surface area contributed by atoms with Gasteiger partial charge in [-0.1, -0.05) is 19.9 Å². The summed E-state index contributed by atoms with van der Waals surface area (Å²) in [6.07, 6.45) is 5.75. The highest BCUT2D eigenvalue weighted by atomic mass is 16.1. The number of allylic oxidation sites excluding steroid dienone is 3. The van der Waals surface area contributed by atoms with Gasteiger partial charge in [0.2, 0.25) is 5.95 Å². The summed E-state index contributed by atoms with van der Waals surface area (Å²) in [7, 11) is 0. The average molecular weight is 361 g/mol. The third kappa shape index (κ3) is 2.68. The number of hydrogen-bond donors (Lipinski definition) is 2. The standard InChI is InChI=1S/C19H19N7O/c1-19(2)6-13-16(14(27)7-19)15(11-4-3-5-22-9-11)12(8-20)17(21)26(13)18-23-10-24-25-18/h3-5,9-10,15H,6-7,21H2,1-2H3,(H,23,24,25)/t15-/m1/s1. The van der Waals surface area contributed by atoms with Crippen molar-refractivity contribution in [3.8, 4) is 6.07 Å². The maximum Gasteiger partial charge on any atom is 0.231 e. The highest BCUT2D eigenvalue weighted by molar-refractivity contribution is 6.01. The second kappa shape index (κ2) is 6.06. The van der Waals surface area contributed by atoms with Crippen LogP contribution in [0.2, 0.25) is 0 Å². The van der Waals surface area contributed by atoms with E-state index in [1.54, 1.807) is 23.4 Å². The molecule has 0 unspecified atom stereocenters. The lowest BCUT2D eigenvalue weighted by Gasteiger charge is -2.42. The minimum absolute atomic E-state index is 0.0138. The fraction of sp³-hybridized carbons (Fsp3) is 0.316. The van der Waals surface area contributed by atoms with Gasteiger partial charge in [-0.15, -0.1) is 0 Å². The van der Waals surface area contributed by atoms with Crippen molar-refractivity contribution in [2.45, 2.75) is 32.6 Å². The molecule has 2 aliphatic rings. The third-order valence-corrected chi connectivity index (χ3v) is 5.01. The average Bonchev–Trinajstić information content (AvgIpc) is 3.14. The van der Waals surface area contributed by atoms with Gasteiger partial charge in [-0.25, -0.2) is 5.10 Å². The predicted molar refractivity (Wildman–Crippen MR) is 97.7 cm³/mol. The number of nitrogens with two attached hydrogens (primary N) is 1. The Morgan fingerprint density at radius 1 is 1.41 bits per heavy atom. The fourth-order valence-electron chi connectivity index (χ4n) is 3.94. The van der Waals surface area contributed by atoms with Crippen molar-refractivity contribution in [3.63, 3.8) is 0 Å². The zero-order valence-electron chi connectivity index (χ0n) is 15.1.